The van der Waals surface area contributed by atoms with E-state index in [0.29, 0.717) is 4.75 Å². The molecule has 0 aromatic rings. The van der Waals surface area contributed by atoms with E-state index >= 15 is 0 Å². The van der Waals surface area contributed by atoms with Gasteiger partial charge in [-0.25, -0.2) is 0 Å². The summed E-state index contributed by atoms with van der Waals surface area (Å²) in [4.78, 5) is 2.59. The third-order valence-corrected chi connectivity index (χ3v) is 4.11. The van der Waals surface area contributed by atoms with Crippen molar-refractivity contribution in [2.24, 2.45) is 0 Å². The smallest absolute Gasteiger partial charge is 0.0587 e. The van der Waals surface area contributed by atoms with Crippen molar-refractivity contribution in [1.29, 1.82) is 0 Å². The zero-order valence-electron chi connectivity index (χ0n) is 10.9. The Labute approximate surface area is 104 Å². The first-order valence-electron chi connectivity index (χ1n) is 6.20. The Morgan fingerprint density at radius 2 is 2.19 bits per heavy atom. The molecule has 1 fully saturated rings. The molecule has 0 aromatic carbocycles. The molecule has 1 aliphatic rings. The Hall–Kier alpha value is 0.230. The number of nitrogens with one attached hydrogen (secondary N) is 1. The molecule has 1 saturated heterocycles. The molecule has 0 aromatic heterocycles. The summed E-state index contributed by atoms with van der Waals surface area (Å²) in [5.74, 6) is 1.28. The minimum atomic E-state index is 0.446. The molecule has 0 saturated carbocycles. The van der Waals surface area contributed by atoms with Gasteiger partial charge in [-0.05, 0) is 33.4 Å². The van der Waals surface area contributed by atoms with Crippen molar-refractivity contribution in [3.63, 3.8) is 0 Å². The fraction of sp³-hybridized carbons (Fsp3) is 1.00. The van der Waals surface area contributed by atoms with Crippen molar-refractivity contribution in [1.82, 2.24) is 10.2 Å². The summed E-state index contributed by atoms with van der Waals surface area (Å²) in [6.45, 7) is 11.3. The fourth-order valence-electron chi connectivity index (χ4n) is 2.03. The summed E-state index contributed by atoms with van der Waals surface area (Å²) in [7, 11) is 1.75. The number of ether oxygens (including phenoxy) is 1. The van der Waals surface area contributed by atoms with E-state index in [1.807, 2.05) is 0 Å². The van der Waals surface area contributed by atoms with Crippen LogP contribution in [0.3, 0.4) is 0 Å². The van der Waals surface area contributed by atoms with Crippen LogP contribution in [0.2, 0.25) is 0 Å². The fourth-order valence-corrected chi connectivity index (χ4v) is 3.21. The van der Waals surface area contributed by atoms with E-state index in [4.69, 9.17) is 4.74 Å². The zero-order valence-corrected chi connectivity index (χ0v) is 11.7. The van der Waals surface area contributed by atoms with Crippen molar-refractivity contribution in [3.05, 3.63) is 0 Å². The number of methoxy groups -OCH3 is 1. The van der Waals surface area contributed by atoms with E-state index in [9.17, 15) is 0 Å². The zero-order chi connectivity index (χ0) is 11.9. The molecule has 0 unspecified atom stereocenters. The highest BCUT2D eigenvalue weighted by molar-refractivity contribution is 8.00. The quantitative estimate of drug-likeness (QED) is 0.687. The Balaban J connectivity index is 2.00. The third kappa shape index (κ3) is 6.09. The molecule has 16 heavy (non-hydrogen) atoms. The highest BCUT2D eigenvalue weighted by atomic mass is 32.2. The average Bonchev–Trinajstić information content (AvgIpc) is 2.22. The Kier molecular flexibility index (Phi) is 6.73. The van der Waals surface area contributed by atoms with Crippen LogP contribution >= 0.6 is 11.8 Å². The molecule has 0 atom stereocenters. The molecular weight excluding hydrogens is 220 g/mol. The van der Waals surface area contributed by atoms with E-state index in [0.717, 1.165) is 19.7 Å². The van der Waals surface area contributed by atoms with Crippen LogP contribution < -0.4 is 5.32 Å². The van der Waals surface area contributed by atoms with Gasteiger partial charge in [-0.2, -0.15) is 11.8 Å². The lowest BCUT2D eigenvalue weighted by Gasteiger charge is -2.37. The van der Waals surface area contributed by atoms with E-state index in [-0.39, 0.29) is 0 Å². The lowest BCUT2D eigenvalue weighted by atomic mass is 10.2. The van der Waals surface area contributed by atoms with Crippen LogP contribution in [-0.4, -0.2) is 61.8 Å². The maximum atomic E-state index is 4.99. The third-order valence-electron chi connectivity index (χ3n) is 2.82. The van der Waals surface area contributed by atoms with Gasteiger partial charge in [0, 0.05) is 37.2 Å². The summed E-state index contributed by atoms with van der Waals surface area (Å²) in [6.07, 6.45) is 1.24. The highest BCUT2D eigenvalue weighted by Gasteiger charge is 2.26. The maximum absolute atomic E-state index is 4.99. The number of thioether (sulfide) groups is 1. The monoisotopic (exact) mass is 246 g/mol. The van der Waals surface area contributed by atoms with E-state index in [1.165, 1.54) is 31.8 Å². The van der Waals surface area contributed by atoms with Crippen molar-refractivity contribution in [2.75, 3.05) is 52.2 Å². The SMILES string of the molecule is COCCNCCCN1CCSC(C)(C)C1. The van der Waals surface area contributed by atoms with E-state index in [1.54, 1.807) is 7.11 Å². The van der Waals surface area contributed by atoms with Crippen LogP contribution in [-0.2, 0) is 4.74 Å². The van der Waals surface area contributed by atoms with Gasteiger partial charge in [-0.3, -0.25) is 0 Å². The lowest BCUT2D eigenvalue weighted by molar-refractivity contribution is 0.198. The molecule has 0 spiro atoms. The van der Waals surface area contributed by atoms with Crippen LogP contribution in [0, 0.1) is 0 Å². The van der Waals surface area contributed by atoms with Gasteiger partial charge in [0.05, 0.1) is 6.61 Å². The molecule has 1 aliphatic heterocycles. The number of hydrogen-bond acceptors (Lipinski definition) is 4. The predicted molar refractivity (Wildman–Crippen MR) is 72.3 cm³/mol. The maximum Gasteiger partial charge on any atom is 0.0587 e. The first-order chi connectivity index (χ1) is 7.64. The molecule has 0 radical (unpaired) electrons. The molecule has 1 heterocycles. The summed E-state index contributed by atoms with van der Waals surface area (Å²) >= 11 is 2.10. The molecule has 0 amide bonds. The van der Waals surface area contributed by atoms with Crippen molar-refractivity contribution in [3.8, 4) is 0 Å². The minimum absolute atomic E-state index is 0.446. The minimum Gasteiger partial charge on any atom is -0.383 e. The van der Waals surface area contributed by atoms with Gasteiger partial charge in [0.15, 0.2) is 0 Å². The highest BCUT2D eigenvalue weighted by Crippen LogP contribution is 2.29. The van der Waals surface area contributed by atoms with Crippen LogP contribution in [0.15, 0.2) is 0 Å². The second-order valence-corrected chi connectivity index (χ2v) is 6.78. The molecular formula is C12H26N2OS. The molecule has 0 aliphatic carbocycles. The Morgan fingerprint density at radius 1 is 1.38 bits per heavy atom. The van der Waals surface area contributed by atoms with Gasteiger partial charge in [-0.1, -0.05) is 0 Å². The normalized spacial score (nSPS) is 21.2. The molecule has 1 rings (SSSR count). The van der Waals surface area contributed by atoms with Gasteiger partial charge < -0.3 is 15.0 Å². The average molecular weight is 246 g/mol. The Bertz CT molecular complexity index is 188. The first-order valence-corrected chi connectivity index (χ1v) is 7.18. The molecule has 1 N–H and O–H groups in total. The second-order valence-electron chi connectivity index (χ2n) is 4.98. The van der Waals surface area contributed by atoms with Crippen molar-refractivity contribution in [2.45, 2.75) is 25.0 Å². The topological polar surface area (TPSA) is 24.5 Å². The number of hydrogen-bond donors (Lipinski definition) is 1. The van der Waals surface area contributed by atoms with E-state index < -0.39 is 0 Å². The van der Waals surface area contributed by atoms with Crippen LogP contribution in [0.5, 0.6) is 0 Å². The Morgan fingerprint density at radius 3 is 2.88 bits per heavy atom. The summed E-state index contributed by atoms with van der Waals surface area (Å²) < 4.78 is 5.44. The van der Waals surface area contributed by atoms with Crippen LogP contribution in [0.1, 0.15) is 20.3 Å². The summed E-state index contributed by atoms with van der Waals surface area (Å²) in [5, 5.41) is 3.39. The van der Waals surface area contributed by atoms with Gasteiger partial charge in [0.1, 0.15) is 0 Å². The number of rotatable bonds is 7. The standard InChI is InChI=1S/C12H26N2OS/c1-12(2)11-14(8-10-16-12)7-4-5-13-6-9-15-3/h13H,4-11H2,1-3H3. The summed E-state index contributed by atoms with van der Waals surface area (Å²) in [6, 6.07) is 0. The van der Waals surface area contributed by atoms with E-state index in [2.05, 4.69) is 35.8 Å². The first kappa shape index (κ1) is 14.3. The molecule has 4 heteroatoms. The summed E-state index contributed by atoms with van der Waals surface area (Å²) in [5.41, 5.74) is 0. The molecule has 96 valence electrons. The number of nitrogens with zero attached hydrogens (tertiary/aromatic N) is 1. The van der Waals surface area contributed by atoms with Gasteiger partial charge in [-0.15, -0.1) is 0 Å². The molecule has 3 nitrogen and oxygen atoms in total. The molecule has 0 bridgehead atoms. The van der Waals surface area contributed by atoms with Gasteiger partial charge in [0.25, 0.3) is 0 Å². The van der Waals surface area contributed by atoms with Gasteiger partial charge >= 0.3 is 0 Å². The van der Waals surface area contributed by atoms with Crippen LogP contribution in [0.25, 0.3) is 0 Å². The lowest BCUT2D eigenvalue weighted by Crippen LogP contribution is -2.43. The van der Waals surface area contributed by atoms with Crippen LogP contribution in [0.4, 0.5) is 0 Å². The predicted octanol–water partition coefficient (Wildman–Crippen LogP) is 1.44. The largest absolute Gasteiger partial charge is 0.383 e. The van der Waals surface area contributed by atoms with Crippen molar-refractivity contribution >= 4 is 11.8 Å². The van der Waals surface area contributed by atoms with Crippen molar-refractivity contribution < 1.29 is 4.74 Å². The second kappa shape index (κ2) is 7.54. The van der Waals surface area contributed by atoms with Gasteiger partial charge in [0.2, 0.25) is 0 Å².